The zero-order chi connectivity index (χ0) is 11.3. The molecular weight excluding hydrogens is 321 g/mol. The number of rotatable bonds is 5. The number of amides is 1. The Bertz CT molecular complexity index is 324. The summed E-state index contributed by atoms with van der Waals surface area (Å²) >= 11 is 3.83. The number of unbranched alkanes of at least 4 members (excludes halogenated alkanes) is 1. The maximum absolute atomic E-state index is 11.7. The molecule has 1 aromatic rings. The van der Waals surface area contributed by atoms with Gasteiger partial charge in [-0.3, -0.25) is 4.79 Å². The Balaban J connectivity index is 2.42. The number of carbonyl (C=O) groups is 1. The van der Waals surface area contributed by atoms with Crippen LogP contribution >= 0.6 is 33.9 Å². The summed E-state index contributed by atoms with van der Waals surface area (Å²) in [6, 6.07) is 2.20. The highest BCUT2D eigenvalue weighted by atomic mass is 127. The van der Waals surface area contributed by atoms with Crippen molar-refractivity contribution in [1.29, 1.82) is 0 Å². The van der Waals surface area contributed by atoms with E-state index in [9.17, 15) is 4.79 Å². The van der Waals surface area contributed by atoms with Crippen LogP contribution in [0.3, 0.4) is 0 Å². The second-order valence-corrected chi connectivity index (χ2v) is 6.46. The van der Waals surface area contributed by atoms with Crippen molar-refractivity contribution < 1.29 is 4.79 Å². The fourth-order valence-electron chi connectivity index (χ4n) is 1.32. The molecule has 4 heteroatoms. The molecule has 2 nitrogen and oxygen atoms in total. The lowest BCUT2D eigenvalue weighted by Crippen LogP contribution is -2.32. The van der Waals surface area contributed by atoms with Gasteiger partial charge >= 0.3 is 0 Å². The summed E-state index contributed by atoms with van der Waals surface area (Å²) in [6.45, 7) is 4.22. The lowest BCUT2D eigenvalue weighted by Gasteiger charge is -2.12. The van der Waals surface area contributed by atoms with Crippen molar-refractivity contribution in [1.82, 2.24) is 5.32 Å². The molecule has 0 aliphatic heterocycles. The fourth-order valence-corrected chi connectivity index (χ4v) is 2.65. The van der Waals surface area contributed by atoms with E-state index in [-0.39, 0.29) is 11.9 Å². The van der Waals surface area contributed by atoms with Crippen molar-refractivity contribution in [2.24, 2.45) is 0 Å². The summed E-state index contributed by atoms with van der Waals surface area (Å²) in [5.41, 5.74) is 0.785. The number of halogens is 1. The molecular formula is C11H16INOS. The molecule has 84 valence electrons. The van der Waals surface area contributed by atoms with Crippen LogP contribution in [0, 0.1) is 2.88 Å². The molecule has 0 saturated heterocycles. The standard InChI is InChI=1S/C11H16INOS/c1-3-4-5-8(2)13-11(14)9-6-10(12)15-7-9/h6-8H,3-5H2,1-2H3,(H,13,14). The zero-order valence-electron chi connectivity index (χ0n) is 9.05. The van der Waals surface area contributed by atoms with E-state index in [1.807, 2.05) is 11.4 Å². The fraction of sp³-hybridized carbons (Fsp3) is 0.545. The smallest absolute Gasteiger partial charge is 0.252 e. The summed E-state index contributed by atoms with van der Waals surface area (Å²) < 4.78 is 1.15. The van der Waals surface area contributed by atoms with Gasteiger partial charge in [-0.05, 0) is 42.0 Å². The molecule has 1 rings (SSSR count). The van der Waals surface area contributed by atoms with Crippen molar-refractivity contribution in [3.63, 3.8) is 0 Å². The zero-order valence-corrected chi connectivity index (χ0v) is 12.0. The van der Waals surface area contributed by atoms with Crippen LogP contribution < -0.4 is 5.32 Å². The van der Waals surface area contributed by atoms with Gasteiger partial charge in [0, 0.05) is 11.4 Å². The molecule has 1 unspecified atom stereocenters. The van der Waals surface area contributed by atoms with E-state index < -0.39 is 0 Å². The molecule has 0 fully saturated rings. The van der Waals surface area contributed by atoms with E-state index in [0.717, 1.165) is 14.9 Å². The van der Waals surface area contributed by atoms with Crippen LogP contribution in [0.25, 0.3) is 0 Å². The van der Waals surface area contributed by atoms with Gasteiger partial charge in [0.1, 0.15) is 0 Å². The molecule has 0 spiro atoms. The van der Waals surface area contributed by atoms with Crippen LogP contribution in [-0.4, -0.2) is 11.9 Å². The van der Waals surface area contributed by atoms with Crippen LogP contribution in [0.15, 0.2) is 11.4 Å². The molecule has 0 bridgehead atoms. The van der Waals surface area contributed by atoms with E-state index in [1.165, 1.54) is 12.8 Å². The first kappa shape index (κ1) is 13.0. The number of hydrogen-bond donors (Lipinski definition) is 1. The maximum atomic E-state index is 11.7. The Morgan fingerprint density at radius 3 is 2.93 bits per heavy atom. The Hall–Kier alpha value is -0.100. The van der Waals surface area contributed by atoms with Gasteiger partial charge in [-0.2, -0.15) is 0 Å². The molecule has 0 radical (unpaired) electrons. The summed E-state index contributed by atoms with van der Waals surface area (Å²) in [5, 5.41) is 4.92. The summed E-state index contributed by atoms with van der Waals surface area (Å²) in [6.07, 6.45) is 3.41. The van der Waals surface area contributed by atoms with E-state index in [0.29, 0.717) is 0 Å². The molecule has 1 atom stereocenters. The van der Waals surface area contributed by atoms with E-state index in [4.69, 9.17) is 0 Å². The Morgan fingerprint density at radius 1 is 1.67 bits per heavy atom. The minimum atomic E-state index is 0.0535. The van der Waals surface area contributed by atoms with Gasteiger partial charge in [-0.1, -0.05) is 19.8 Å². The average Bonchev–Trinajstić information content (AvgIpc) is 2.61. The molecule has 1 heterocycles. The topological polar surface area (TPSA) is 29.1 Å². The van der Waals surface area contributed by atoms with E-state index in [1.54, 1.807) is 11.3 Å². The quantitative estimate of drug-likeness (QED) is 0.817. The van der Waals surface area contributed by atoms with Gasteiger partial charge in [0.25, 0.3) is 5.91 Å². The number of carbonyl (C=O) groups excluding carboxylic acids is 1. The molecule has 15 heavy (non-hydrogen) atoms. The average molecular weight is 337 g/mol. The van der Waals surface area contributed by atoms with Crippen molar-refractivity contribution in [2.45, 2.75) is 39.2 Å². The van der Waals surface area contributed by atoms with Crippen molar-refractivity contribution in [3.8, 4) is 0 Å². The molecule has 0 saturated carbocycles. The number of thiophene rings is 1. The van der Waals surface area contributed by atoms with Crippen molar-refractivity contribution >= 4 is 39.8 Å². The van der Waals surface area contributed by atoms with Crippen molar-refractivity contribution in [3.05, 3.63) is 19.9 Å². The first-order chi connectivity index (χ1) is 7.13. The Kier molecular flexibility index (Phi) is 5.60. The lowest BCUT2D eigenvalue weighted by molar-refractivity contribution is 0.0938. The first-order valence-corrected chi connectivity index (χ1v) is 7.14. The van der Waals surface area contributed by atoms with Crippen molar-refractivity contribution in [2.75, 3.05) is 0 Å². The van der Waals surface area contributed by atoms with Crippen LogP contribution in [0.4, 0.5) is 0 Å². The number of hydrogen-bond acceptors (Lipinski definition) is 2. The summed E-state index contributed by atoms with van der Waals surface area (Å²) in [5.74, 6) is 0.0535. The summed E-state index contributed by atoms with van der Waals surface area (Å²) in [7, 11) is 0. The highest BCUT2D eigenvalue weighted by molar-refractivity contribution is 14.1. The van der Waals surface area contributed by atoms with Gasteiger partial charge in [0.15, 0.2) is 0 Å². The Morgan fingerprint density at radius 2 is 2.40 bits per heavy atom. The highest BCUT2D eigenvalue weighted by Crippen LogP contribution is 2.16. The highest BCUT2D eigenvalue weighted by Gasteiger charge is 2.10. The third-order valence-electron chi connectivity index (χ3n) is 2.20. The second-order valence-electron chi connectivity index (χ2n) is 3.66. The predicted molar refractivity (Wildman–Crippen MR) is 73.5 cm³/mol. The van der Waals surface area contributed by atoms with Crippen LogP contribution in [0.5, 0.6) is 0 Å². The minimum absolute atomic E-state index is 0.0535. The first-order valence-electron chi connectivity index (χ1n) is 5.18. The SMILES string of the molecule is CCCCC(C)NC(=O)c1csc(I)c1. The predicted octanol–water partition coefficient (Wildman–Crippen LogP) is 3.66. The normalized spacial score (nSPS) is 12.5. The molecule has 1 aromatic heterocycles. The molecule has 0 aliphatic rings. The van der Waals surface area contributed by atoms with E-state index in [2.05, 4.69) is 41.8 Å². The van der Waals surface area contributed by atoms with Gasteiger partial charge in [-0.25, -0.2) is 0 Å². The lowest BCUT2D eigenvalue weighted by atomic mass is 10.1. The molecule has 1 N–H and O–H groups in total. The third kappa shape index (κ3) is 4.51. The second kappa shape index (κ2) is 6.48. The monoisotopic (exact) mass is 337 g/mol. The largest absolute Gasteiger partial charge is 0.350 e. The van der Waals surface area contributed by atoms with E-state index >= 15 is 0 Å². The minimum Gasteiger partial charge on any atom is -0.350 e. The Labute approximate surface area is 109 Å². The van der Waals surface area contributed by atoms with Crippen LogP contribution in [0.2, 0.25) is 0 Å². The molecule has 0 aliphatic carbocycles. The van der Waals surface area contributed by atoms with Gasteiger partial charge in [0.2, 0.25) is 0 Å². The van der Waals surface area contributed by atoms with Gasteiger partial charge in [-0.15, -0.1) is 11.3 Å². The summed E-state index contributed by atoms with van der Waals surface area (Å²) in [4.78, 5) is 11.7. The van der Waals surface area contributed by atoms with Gasteiger partial charge in [0.05, 0.1) is 8.45 Å². The number of nitrogens with one attached hydrogen (secondary N) is 1. The third-order valence-corrected chi connectivity index (χ3v) is 3.99. The molecule has 0 aromatic carbocycles. The van der Waals surface area contributed by atoms with Crippen LogP contribution in [-0.2, 0) is 0 Å². The van der Waals surface area contributed by atoms with Gasteiger partial charge < -0.3 is 5.32 Å². The maximum Gasteiger partial charge on any atom is 0.252 e. The van der Waals surface area contributed by atoms with Crippen LogP contribution in [0.1, 0.15) is 43.5 Å². The molecule has 1 amide bonds.